The summed E-state index contributed by atoms with van der Waals surface area (Å²) in [6.07, 6.45) is 0. The fourth-order valence-corrected chi connectivity index (χ4v) is 1.42. The summed E-state index contributed by atoms with van der Waals surface area (Å²) in [4.78, 5) is 3.69. The highest BCUT2D eigenvalue weighted by molar-refractivity contribution is 9.10. The quantitative estimate of drug-likeness (QED) is 0.544. The Balaban J connectivity index is 3.32. The number of isothiocyanates is 1. The normalized spacial score (nSPS) is 9.25. The van der Waals surface area contributed by atoms with Gasteiger partial charge in [-0.2, -0.15) is 4.99 Å². The van der Waals surface area contributed by atoms with Crippen LogP contribution in [0.15, 0.2) is 21.6 Å². The van der Waals surface area contributed by atoms with Crippen LogP contribution in [0.1, 0.15) is 5.56 Å². The Morgan fingerprint density at radius 2 is 2.25 bits per heavy atom. The van der Waals surface area contributed by atoms with Gasteiger partial charge < -0.3 is 0 Å². The third kappa shape index (κ3) is 1.97. The van der Waals surface area contributed by atoms with Gasteiger partial charge in [-0.25, -0.2) is 4.39 Å². The number of nitrogens with zero attached hydrogens (tertiary/aromatic N) is 1. The van der Waals surface area contributed by atoms with Gasteiger partial charge in [0, 0.05) is 10.5 Å². The van der Waals surface area contributed by atoms with E-state index in [0.29, 0.717) is 11.3 Å². The van der Waals surface area contributed by atoms with Crippen LogP contribution >= 0.6 is 28.1 Å². The van der Waals surface area contributed by atoms with Gasteiger partial charge in [-0.15, -0.1) is 0 Å². The number of benzene rings is 1. The summed E-state index contributed by atoms with van der Waals surface area (Å²) in [6.45, 7) is 1.69. The largest absolute Gasteiger partial charge is 0.207 e. The lowest BCUT2D eigenvalue weighted by atomic mass is 10.2. The molecule has 62 valence electrons. The Morgan fingerprint density at radius 1 is 1.58 bits per heavy atom. The molecule has 4 heteroatoms. The molecule has 1 aromatic carbocycles. The lowest BCUT2D eigenvalue weighted by Gasteiger charge is -1.99. The van der Waals surface area contributed by atoms with Crippen molar-refractivity contribution in [3.05, 3.63) is 28.0 Å². The van der Waals surface area contributed by atoms with Crippen molar-refractivity contribution in [3.63, 3.8) is 0 Å². The molecule has 0 N–H and O–H groups in total. The molecule has 12 heavy (non-hydrogen) atoms. The van der Waals surface area contributed by atoms with Crippen LogP contribution in [-0.4, -0.2) is 5.16 Å². The number of hydrogen-bond donors (Lipinski definition) is 0. The number of aryl methyl sites for hydroxylation is 1. The van der Waals surface area contributed by atoms with E-state index in [4.69, 9.17) is 0 Å². The number of rotatable bonds is 1. The summed E-state index contributed by atoms with van der Waals surface area (Å²) in [5, 5.41) is 2.18. The van der Waals surface area contributed by atoms with E-state index in [-0.39, 0.29) is 5.82 Å². The lowest BCUT2D eigenvalue weighted by molar-refractivity contribution is 0.618. The SMILES string of the molecule is Cc1cc(Br)c(N=C=S)cc1F. The Kier molecular flexibility index (Phi) is 3.09. The zero-order valence-corrected chi connectivity index (χ0v) is 8.67. The molecule has 0 aliphatic heterocycles. The number of aliphatic imine (C=N–C) groups is 1. The zero-order valence-electron chi connectivity index (χ0n) is 6.27. The van der Waals surface area contributed by atoms with Crippen molar-refractivity contribution in [3.8, 4) is 0 Å². The zero-order chi connectivity index (χ0) is 9.14. The van der Waals surface area contributed by atoms with E-state index in [9.17, 15) is 4.39 Å². The van der Waals surface area contributed by atoms with Crippen LogP contribution in [0, 0.1) is 12.7 Å². The second-order valence-electron chi connectivity index (χ2n) is 2.26. The van der Waals surface area contributed by atoms with Crippen molar-refractivity contribution in [1.82, 2.24) is 0 Å². The van der Waals surface area contributed by atoms with Crippen molar-refractivity contribution in [2.45, 2.75) is 6.92 Å². The second kappa shape index (κ2) is 3.90. The van der Waals surface area contributed by atoms with E-state index >= 15 is 0 Å². The summed E-state index contributed by atoms with van der Waals surface area (Å²) in [6, 6.07) is 2.97. The summed E-state index contributed by atoms with van der Waals surface area (Å²) < 4.78 is 13.7. The van der Waals surface area contributed by atoms with Crippen LogP contribution in [0.3, 0.4) is 0 Å². The topological polar surface area (TPSA) is 12.4 Å². The van der Waals surface area contributed by atoms with Gasteiger partial charge in [0.2, 0.25) is 0 Å². The van der Waals surface area contributed by atoms with Gasteiger partial charge in [-0.05, 0) is 46.7 Å². The Morgan fingerprint density at radius 3 is 2.83 bits per heavy atom. The van der Waals surface area contributed by atoms with E-state index in [1.807, 2.05) is 0 Å². The molecule has 0 aliphatic rings. The molecular weight excluding hydrogens is 241 g/mol. The predicted molar refractivity (Wildman–Crippen MR) is 53.5 cm³/mol. The monoisotopic (exact) mass is 245 g/mol. The van der Waals surface area contributed by atoms with Gasteiger partial charge in [0.25, 0.3) is 0 Å². The second-order valence-corrected chi connectivity index (χ2v) is 3.29. The van der Waals surface area contributed by atoms with Crippen molar-refractivity contribution in [1.29, 1.82) is 0 Å². The minimum absolute atomic E-state index is 0.290. The number of thiocarbonyl (C=S) groups is 1. The fraction of sp³-hybridized carbons (Fsp3) is 0.125. The minimum Gasteiger partial charge on any atom is -0.207 e. The van der Waals surface area contributed by atoms with E-state index in [2.05, 4.69) is 38.3 Å². The molecule has 0 amide bonds. The average molecular weight is 246 g/mol. The van der Waals surface area contributed by atoms with Crippen LogP contribution in [0.25, 0.3) is 0 Å². The van der Waals surface area contributed by atoms with Gasteiger partial charge in [-0.1, -0.05) is 0 Å². The maximum absolute atomic E-state index is 12.9. The molecule has 0 saturated heterocycles. The highest BCUT2D eigenvalue weighted by Crippen LogP contribution is 2.27. The molecule has 1 aromatic rings. The highest BCUT2D eigenvalue weighted by Gasteiger charge is 2.03. The fourth-order valence-electron chi connectivity index (χ4n) is 0.771. The van der Waals surface area contributed by atoms with E-state index in [1.165, 1.54) is 6.07 Å². The van der Waals surface area contributed by atoms with Crippen molar-refractivity contribution in [2.75, 3.05) is 0 Å². The Labute approximate surface area is 83.4 Å². The van der Waals surface area contributed by atoms with Crippen molar-refractivity contribution in [2.24, 2.45) is 4.99 Å². The van der Waals surface area contributed by atoms with Gasteiger partial charge in [-0.3, -0.25) is 0 Å². The maximum Gasteiger partial charge on any atom is 0.128 e. The first-order chi connectivity index (χ1) is 5.65. The number of halogens is 2. The summed E-state index contributed by atoms with van der Waals surface area (Å²) in [5.74, 6) is -0.290. The van der Waals surface area contributed by atoms with Gasteiger partial charge in [0.1, 0.15) is 5.82 Å². The molecule has 0 bridgehead atoms. The van der Waals surface area contributed by atoms with Crippen LogP contribution in [0.4, 0.5) is 10.1 Å². The van der Waals surface area contributed by atoms with E-state index < -0.39 is 0 Å². The molecular formula is C8H5BrFNS. The predicted octanol–water partition coefficient (Wildman–Crippen LogP) is 3.63. The minimum atomic E-state index is -0.290. The molecule has 0 aromatic heterocycles. The maximum atomic E-state index is 12.9. The molecule has 1 rings (SSSR count). The summed E-state index contributed by atoms with van der Waals surface area (Å²) in [5.41, 5.74) is 1.04. The van der Waals surface area contributed by atoms with Crippen LogP contribution in [0.5, 0.6) is 0 Å². The van der Waals surface area contributed by atoms with Crippen molar-refractivity contribution >= 4 is 39.0 Å². The van der Waals surface area contributed by atoms with Crippen molar-refractivity contribution < 1.29 is 4.39 Å². The molecule has 0 saturated carbocycles. The smallest absolute Gasteiger partial charge is 0.128 e. The molecule has 0 spiro atoms. The van der Waals surface area contributed by atoms with Gasteiger partial charge >= 0.3 is 0 Å². The van der Waals surface area contributed by atoms with E-state index in [1.54, 1.807) is 13.0 Å². The Hall–Kier alpha value is -0.570. The first-order valence-electron chi connectivity index (χ1n) is 3.18. The van der Waals surface area contributed by atoms with Gasteiger partial charge in [0.15, 0.2) is 0 Å². The Bertz CT molecular complexity index is 358. The average Bonchev–Trinajstić information content (AvgIpc) is 2.01. The standard InChI is InChI=1S/C8H5BrFNS/c1-5-2-6(9)8(11-4-12)3-7(5)10/h2-3H,1H3. The third-order valence-corrected chi connectivity index (χ3v) is 2.12. The van der Waals surface area contributed by atoms with Gasteiger partial charge in [0.05, 0.1) is 10.8 Å². The molecule has 0 unspecified atom stereocenters. The highest BCUT2D eigenvalue weighted by atomic mass is 79.9. The third-order valence-electron chi connectivity index (χ3n) is 1.39. The molecule has 0 atom stereocenters. The first kappa shape index (κ1) is 9.52. The summed E-state index contributed by atoms with van der Waals surface area (Å²) >= 11 is 7.65. The molecule has 0 radical (unpaired) electrons. The van der Waals surface area contributed by atoms with Crippen LogP contribution in [0.2, 0.25) is 0 Å². The first-order valence-corrected chi connectivity index (χ1v) is 4.39. The van der Waals surface area contributed by atoms with E-state index in [0.717, 1.165) is 4.47 Å². The molecule has 0 heterocycles. The lowest BCUT2D eigenvalue weighted by Crippen LogP contribution is -1.81. The number of hydrogen-bond acceptors (Lipinski definition) is 2. The van der Waals surface area contributed by atoms with Crippen LogP contribution in [-0.2, 0) is 0 Å². The molecule has 0 fully saturated rings. The molecule has 0 aliphatic carbocycles. The molecule has 1 nitrogen and oxygen atoms in total. The summed E-state index contributed by atoms with van der Waals surface area (Å²) in [7, 11) is 0. The van der Waals surface area contributed by atoms with Crippen LogP contribution < -0.4 is 0 Å².